The van der Waals surface area contributed by atoms with E-state index in [0.29, 0.717) is 18.1 Å². The summed E-state index contributed by atoms with van der Waals surface area (Å²) in [7, 11) is 0. The first-order chi connectivity index (χ1) is 7.10. The van der Waals surface area contributed by atoms with E-state index in [4.69, 9.17) is 5.73 Å². The van der Waals surface area contributed by atoms with Crippen molar-refractivity contribution in [3.05, 3.63) is 0 Å². The van der Waals surface area contributed by atoms with Gasteiger partial charge in [0.15, 0.2) is 0 Å². The lowest BCUT2D eigenvalue weighted by molar-refractivity contribution is 0.0844. The Morgan fingerprint density at radius 2 is 2.00 bits per heavy atom. The zero-order valence-corrected chi connectivity index (χ0v) is 10.9. The van der Waals surface area contributed by atoms with Crippen LogP contribution in [-0.4, -0.2) is 29.6 Å². The number of likely N-dealkylation sites (N-methyl/N-ethyl adjacent to an activating group) is 1. The van der Waals surface area contributed by atoms with Crippen molar-refractivity contribution in [2.75, 3.05) is 6.54 Å². The second-order valence-electron chi connectivity index (χ2n) is 5.24. The molecule has 0 aromatic rings. The molecule has 90 valence electrons. The summed E-state index contributed by atoms with van der Waals surface area (Å²) >= 11 is 0. The van der Waals surface area contributed by atoms with Crippen molar-refractivity contribution in [3.63, 3.8) is 0 Å². The summed E-state index contributed by atoms with van der Waals surface area (Å²) in [5.74, 6) is 0.855. The summed E-state index contributed by atoms with van der Waals surface area (Å²) in [4.78, 5) is 2.61. The van der Waals surface area contributed by atoms with E-state index >= 15 is 0 Å². The van der Waals surface area contributed by atoms with Gasteiger partial charge in [0.05, 0.1) is 0 Å². The predicted octanol–water partition coefficient (Wildman–Crippen LogP) is 2.62. The summed E-state index contributed by atoms with van der Waals surface area (Å²) in [6, 6.07) is 1.69. The molecule has 15 heavy (non-hydrogen) atoms. The second-order valence-corrected chi connectivity index (χ2v) is 5.24. The molecule has 2 N–H and O–H groups in total. The Balaban J connectivity index is 2.64. The summed E-state index contributed by atoms with van der Waals surface area (Å²) in [6.45, 7) is 10.4. The average molecular weight is 212 g/mol. The Labute approximate surface area is 95.2 Å². The Kier molecular flexibility index (Phi) is 5.07. The first kappa shape index (κ1) is 13.0. The van der Waals surface area contributed by atoms with Crippen LogP contribution in [0.5, 0.6) is 0 Å². The second kappa shape index (κ2) is 5.86. The van der Waals surface area contributed by atoms with Crippen molar-refractivity contribution in [1.29, 1.82) is 0 Å². The van der Waals surface area contributed by atoms with Crippen LogP contribution in [0.2, 0.25) is 0 Å². The summed E-state index contributed by atoms with van der Waals surface area (Å²) in [6.07, 6.45) is 5.04. The lowest BCUT2D eigenvalue weighted by Gasteiger charge is -2.43. The highest BCUT2D eigenvalue weighted by Gasteiger charge is 2.31. The molecule has 1 saturated carbocycles. The molecule has 0 spiro atoms. The zero-order valence-electron chi connectivity index (χ0n) is 10.9. The molecular formula is C13H28N2. The molecule has 1 fully saturated rings. The molecule has 1 aliphatic rings. The number of hydrogen-bond donors (Lipinski definition) is 1. The molecular weight excluding hydrogens is 184 g/mol. The third-order valence-corrected chi connectivity index (χ3v) is 4.08. The molecule has 0 heterocycles. The van der Waals surface area contributed by atoms with Gasteiger partial charge < -0.3 is 5.73 Å². The Bertz CT molecular complexity index is 181. The monoisotopic (exact) mass is 212 g/mol. The van der Waals surface area contributed by atoms with Crippen molar-refractivity contribution < 1.29 is 0 Å². The van der Waals surface area contributed by atoms with Gasteiger partial charge in [-0.2, -0.15) is 0 Å². The van der Waals surface area contributed by atoms with Crippen LogP contribution in [0.3, 0.4) is 0 Å². The van der Waals surface area contributed by atoms with Gasteiger partial charge in [0, 0.05) is 18.1 Å². The number of nitrogens with zero attached hydrogens (tertiary/aromatic N) is 1. The molecule has 0 radical (unpaired) electrons. The number of hydrogen-bond acceptors (Lipinski definition) is 2. The van der Waals surface area contributed by atoms with Crippen LogP contribution >= 0.6 is 0 Å². The van der Waals surface area contributed by atoms with Gasteiger partial charge in [-0.1, -0.05) is 20.8 Å². The molecule has 4 unspecified atom stereocenters. The average Bonchev–Trinajstić information content (AvgIpc) is 2.23. The van der Waals surface area contributed by atoms with E-state index in [1.165, 1.54) is 25.7 Å². The Morgan fingerprint density at radius 1 is 1.33 bits per heavy atom. The van der Waals surface area contributed by atoms with Crippen LogP contribution in [0.15, 0.2) is 0 Å². The van der Waals surface area contributed by atoms with Crippen molar-refractivity contribution in [2.45, 2.75) is 71.5 Å². The third-order valence-electron chi connectivity index (χ3n) is 4.08. The highest BCUT2D eigenvalue weighted by molar-refractivity contribution is 4.89. The zero-order chi connectivity index (χ0) is 11.4. The van der Waals surface area contributed by atoms with Crippen LogP contribution in [0.25, 0.3) is 0 Å². The van der Waals surface area contributed by atoms with Crippen molar-refractivity contribution in [2.24, 2.45) is 11.7 Å². The molecule has 0 saturated heterocycles. The van der Waals surface area contributed by atoms with E-state index in [-0.39, 0.29) is 0 Å². The number of nitrogens with two attached hydrogens (primary N) is 1. The maximum absolute atomic E-state index is 6.27. The van der Waals surface area contributed by atoms with Crippen LogP contribution in [0, 0.1) is 5.92 Å². The molecule has 1 aliphatic carbocycles. The third kappa shape index (κ3) is 3.18. The van der Waals surface area contributed by atoms with Crippen LogP contribution < -0.4 is 5.73 Å². The molecule has 0 amide bonds. The fraction of sp³-hybridized carbons (Fsp3) is 1.00. The Morgan fingerprint density at radius 3 is 2.53 bits per heavy atom. The van der Waals surface area contributed by atoms with E-state index in [9.17, 15) is 0 Å². The van der Waals surface area contributed by atoms with Gasteiger partial charge in [-0.05, 0) is 45.1 Å². The largest absolute Gasteiger partial charge is 0.326 e. The molecule has 1 rings (SSSR count). The topological polar surface area (TPSA) is 29.3 Å². The highest BCUT2D eigenvalue weighted by Crippen LogP contribution is 2.28. The van der Waals surface area contributed by atoms with Gasteiger partial charge in [0.1, 0.15) is 0 Å². The van der Waals surface area contributed by atoms with Crippen molar-refractivity contribution >= 4 is 0 Å². The van der Waals surface area contributed by atoms with Crippen molar-refractivity contribution in [3.8, 4) is 0 Å². The lowest BCUT2D eigenvalue weighted by Crippen LogP contribution is -2.53. The molecule has 2 heteroatoms. The minimum absolute atomic E-state index is 0.398. The molecule has 4 atom stereocenters. The lowest BCUT2D eigenvalue weighted by atomic mass is 9.82. The molecule has 0 aromatic carbocycles. The van der Waals surface area contributed by atoms with Gasteiger partial charge >= 0.3 is 0 Å². The van der Waals surface area contributed by atoms with E-state index < -0.39 is 0 Å². The highest BCUT2D eigenvalue weighted by atomic mass is 15.2. The molecule has 2 nitrogen and oxygen atoms in total. The van der Waals surface area contributed by atoms with E-state index in [2.05, 4.69) is 32.6 Å². The fourth-order valence-corrected chi connectivity index (χ4v) is 2.86. The summed E-state index contributed by atoms with van der Waals surface area (Å²) in [5, 5.41) is 0. The van der Waals surface area contributed by atoms with Gasteiger partial charge in [0.25, 0.3) is 0 Å². The minimum Gasteiger partial charge on any atom is -0.326 e. The van der Waals surface area contributed by atoms with Crippen LogP contribution in [-0.2, 0) is 0 Å². The summed E-state index contributed by atoms with van der Waals surface area (Å²) < 4.78 is 0. The SMILES string of the molecule is CCC(C)N(CC)C1CC(C)CCC1N. The molecule has 0 aromatic heterocycles. The number of rotatable bonds is 4. The predicted molar refractivity (Wildman–Crippen MR) is 66.9 cm³/mol. The minimum atomic E-state index is 0.398. The van der Waals surface area contributed by atoms with E-state index in [1.54, 1.807) is 0 Å². The Hall–Kier alpha value is -0.0800. The molecule has 0 bridgehead atoms. The van der Waals surface area contributed by atoms with Gasteiger partial charge in [-0.25, -0.2) is 0 Å². The van der Waals surface area contributed by atoms with Gasteiger partial charge in [-0.3, -0.25) is 4.90 Å². The maximum Gasteiger partial charge on any atom is 0.0252 e. The fourth-order valence-electron chi connectivity index (χ4n) is 2.86. The standard InChI is InChI=1S/C13H28N2/c1-5-11(4)15(6-2)13-9-10(3)7-8-12(13)14/h10-13H,5-9,14H2,1-4H3. The van der Waals surface area contributed by atoms with Crippen LogP contribution in [0.4, 0.5) is 0 Å². The first-order valence-electron chi connectivity index (χ1n) is 6.61. The maximum atomic E-state index is 6.27. The van der Waals surface area contributed by atoms with E-state index in [0.717, 1.165) is 12.5 Å². The van der Waals surface area contributed by atoms with Crippen molar-refractivity contribution in [1.82, 2.24) is 4.90 Å². The van der Waals surface area contributed by atoms with Crippen LogP contribution in [0.1, 0.15) is 53.4 Å². The van der Waals surface area contributed by atoms with Gasteiger partial charge in [0.2, 0.25) is 0 Å². The normalized spacial score (nSPS) is 34.4. The first-order valence-corrected chi connectivity index (χ1v) is 6.61. The quantitative estimate of drug-likeness (QED) is 0.776. The summed E-state index contributed by atoms with van der Waals surface area (Å²) in [5.41, 5.74) is 6.27. The van der Waals surface area contributed by atoms with Gasteiger partial charge in [-0.15, -0.1) is 0 Å². The molecule has 0 aliphatic heterocycles. The van der Waals surface area contributed by atoms with E-state index in [1.807, 2.05) is 0 Å². The smallest absolute Gasteiger partial charge is 0.0252 e.